The van der Waals surface area contributed by atoms with Crippen molar-refractivity contribution in [3.8, 4) is 0 Å². The summed E-state index contributed by atoms with van der Waals surface area (Å²) in [7, 11) is 0. The van der Waals surface area contributed by atoms with Gasteiger partial charge in [-0.2, -0.15) is 0 Å². The van der Waals surface area contributed by atoms with E-state index in [1.807, 2.05) is 24.3 Å². The summed E-state index contributed by atoms with van der Waals surface area (Å²) < 4.78 is 5.08. The maximum Gasteiger partial charge on any atom is 0.307 e. The van der Waals surface area contributed by atoms with E-state index in [1.54, 1.807) is 11.8 Å². The summed E-state index contributed by atoms with van der Waals surface area (Å²) >= 11 is 1.79. The standard InChI is InChI=1S/C11H12O3S/c12-11(13)5-8-1-3-9(4-2-8)15-10-6-14-7-10/h1-4,10H,5-7H2,(H,12,13). The summed E-state index contributed by atoms with van der Waals surface area (Å²) in [4.78, 5) is 11.6. The van der Waals surface area contributed by atoms with Gasteiger partial charge in [0, 0.05) is 4.90 Å². The van der Waals surface area contributed by atoms with Crippen molar-refractivity contribution in [3.63, 3.8) is 0 Å². The number of aliphatic carboxylic acids is 1. The first-order chi connectivity index (χ1) is 7.24. The summed E-state index contributed by atoms with van der Waals surface area (Å²) in [5.41, 5.74) is 0.844. The van der Waals surface area contributed by atoms with Crippen LogP contribution in [0, 0.1) is 0 Å². The molecule has 0 atom stereocenters. The fourth-order valence-corrected chi connectivity index (χ4v) is 2.34. The molecule has 80 valence electrons. The third-order valence-corrected chi connectivity index (χ3v) is 3.34. The van der Waals surface area contributed by atoms with Crippen molar-refractivity contribution < 1.29 is 14.6 Å². The zero-order valence-corrected chi connectivity index (χ0v) is 9.00. The van der Waals surface area contributed by atoms with Crippen molar-refractivity contribution in [2.24, 2.45) is 0 Å². The van der Waals surface area contributed by atoms with Crippen molar-refractivity contribution in [1.82, 2.24) is 0 Å². The van der Waals surface area contributed by atoms with Crippen LogP contribution in [0.1, 0.15) is 5.56 Å². The van der Waals surface area contributed by atoms with Crippen LogP contribution in [0.3, 0.4) is 0 Å². The van der Waals surface area contributed by atoms with E-state index in [2.05, 4.69) is 0 Å². The minimum Gasteiger partial charge on any atom is -0.481 e. The van der Waals surface area contributed by atoms with Crippen LogP contribution in [0.4, 0.5) is 0 Å². The Morgan fingerprint density at radius 1 is 1.40 bits per heavy atom. The molecule has 2 rings (SSSR count). The normalized spacial score (nSPS) is 16.0. The quantitative estimate of drug-likeness (QED) is 0.847. The molecule has 1 aromatic rings. The second-order valence-corrected chi connectivity index (χ2v) is 4.87. The summed E-state index contributed by atoms with van der Waals surface area (Å²) in [6.07, 6.45) is 0.0947. The number of thioether (sulfide) groups is 1. The largest absolute Gasteiger partial charge is 0.481 e. The van der Waals surface area contributed by atoms with E-state index < -0.39 is 5.97 Å². The number of rotatable bonds is 4. The number of carbonyl (C=O) groups is 1. The Morgan fingerprint density at radius 3 is 2.53 bits per heavy atom. The van der Waals surface area contributed by atoms with Crippen LogP contribution < -0.4 is 0 Å². The van der Waals surface area contributed by atoms with E-state index in [4.69, 9.17) is 9.84 Å². The minimum absolute atomic E-state index is 0.0947. The van der Waals surface area contributed by atoms with Crippen molar-refractivity contribution in [1.29, 1.82) is 0 Å². The molecule has 1 N–H and O–H groups in total. The Hall–Kier alpha value is -1.00. The first-order valence-electron chi connectivity index (χ1n) is 4.79. The summed E-state index contributed by atoms with van der Waals surface area (Å²) in [5.74, 6) is -0.789. The summed E-state index contributed by atoms with van der Waals surface area (Å²) in [6.45, 7) is 1.64. The van der Waals surface area contributed by atoms with E-state index >= 15 is 0 Å². The van der Waals surface area contributed by atoms with Crippen LogP contribution in [0.25, 0.3) is 0 Å². The molecule has 15 heavy (non-hydrogen) atoms. The zero-order chi connectivity index (χ0) is 10.7. The van der Waals surface area contributed by atoms with E-state index in [0.29, 0.717) is 5.25 Å². The molecule has 0 saturated carbocycles. The SMILES string of the molecule is O=C(O)Cc1ccc(SC2COC2)cc1. The van der Waals surface area contributed by atoms with Gasteiger partial charge in [-0.15, -0.1) is 11.8 Å². The van der Waals surface area contributed by atoms with Crippen LogP contribution >= 0.6 is 11.8 Å². The smallest absolute Gasteiger partial charge is 0.307 e. The van der Waals surface area contributed by atoms with Crippen molar-refractivity contribution in [3.05, 3.63) is 29.8 Å². The number of carboxylic acids is 1. The second kappa shape index (κ2) is 4.68. The average molecular weight is 224 g/mol. The van der Waals surface area contributed by atoms with Gasteiger partial charge in [0.15, 0.2) is 0 Å². The highest BCUT2D eigenvalue weighted by molar-refractivity contribution is 8.00. The number of ether oxygens (including phenoxy) is 1. The maximum absolute atomic E-state index is 10.5. The lowest BCUT2D eigenvalue weighted by molar-refractivity contribution is -0.136. The van der Waals surface area contributed by atoms with Crippen molar-refractivity contribution in [2.75, 3.05) is 13.2 Å². The third-order valence-electron chi connectivity index (χ3n) is 2.19. The van der Waals surface area contributed by atoms with Crippen LogP contribution in [-0.4, -0.2) is 29.5 Å². The summed E-state index contributed by atoms with van der Waals surface area (Å²) in [6, 6.07) is 7.69. The van der Waals surface area contributed by atoms with E-state index in [-0.39, 0.29) is 6.42 Å². The number of benzene rings is 1. The predicted octanol–water partition coefficient (Wildman–Crippen LogP) is 1.80. The lowest BCUT2D eigenvalue weighted by atomic mass is 10.2. The Morgan fingerprint density at radius 2 is 2.07 bits per heavy atom. The van der Waals surface area contributed by atoms with Crippen LogP contribution in [0.5, 0.6) is 0 Å². The molecular formula is C11H12O3S. The second-order valence-electron chi connectivity index (χ2n) is 3.49. The average Bonchev–Trinajstić information content (AvgIpc) is 2.13. The van der Waals surface area contributed by atoms with Gasteiger partial charge in [0.25, 0.3) is 0 Å². The molecule has 0 spiro atoms. The first kappa shape index (κ1) is 10.5. The maximum atomic E-state index is 10.5. The molecule has 1 aliphatic heterocycles. The lowest BCUT2D eigenvalue weighted by Crippen LogP contribution is -2.29. The van der Waals surface area contributed by atoms with Gasteiger partial charge in [-0.3, -0.25) is 4.79 Å². The molecule has 0 aromatic heterocycles. The third kappa shape index (κ3) is 2.97. The number of carboxylic acid groups (broad SMARTS) is 1. The van der Waals surface area contributed by atoms with Gasteiger partial charge >= 0.3 is 5.97 Å². The van der Waals surface area contributed by atoms with Gasteiger partial charge in [-0.1, -0.05) is 12.1 Å². The highest BCUT2D eigenvalue weighted by atomic mass is 32.2. The molecule has 1 saturated heterocycles. The molecule has 1 heterocycles. The Kier molecular flexibility index (Phi) is 3.28. The molecule has 1 aliphatic rings. The molecular weight excluding hydrogens is 212 g/mol. The molecule has 0 bridgehead atoms. The zero-order valence-electron chi connectivity index (χ0n) is 8.18. The predicted molar refractivity (Wildman–Crippen MR) is 58.2 cm³/mol. The van der Waals surface area contributed by atoms with Crippen molar-refractivity contribution in [2.45, 2.75) is 16.6 Å². The topological polar surface area (TPSA) is 46.5 Å². The van der Waals surface area contributed by atoms with Crippen LogP contribution in [-0.2, 0) is 16.0 Å². The fourth-order valence-electron chi connectivity index (χ4n) is 1.34. The van der Waals surface area contributed by atoms with E-state index in [9.17, 15) is 4.79 Å². The Bertz CT molecular complexity index is 343. The number of hydrogen-bond acceptors (Lipinski definition) is 3. The highest BCUT2D eigenvalue weighted by Gasteiger charge is 2.19. The van der Waals surface area contributed by atoms with Crippen LogP contribution in [0.15, 0.2) is 29.2 Å². The Labute approximate surface area is 92.4 Å². The molecule has 1 aromatic carbocycles. The Balaban J connectivity index is 1.93. The van der Waals surface area contributed by atoms with Crippen molar-refractivity contribution >= 4 is 17.7 Å². The number of hydrogen-bond donors (Lipinski definition) is 1. The van der Waals surface area contributed by atoms with Gasteiger partial charge in [0.2, 0.25) is 0 Å². The van der Waals surface area contributed by atoms with E-state index in [1.165, 1.54) is 4.90 Å². The van der Waals surface area contributed by atoms with E-state index in [0.717, 1.165) is 18.8 Å². The van der Waals surface area contributed by atoms with Gasteiger partial charge < -0.3 is 9.84 Å². The molecule has 0 amide bonds. The minimum atomic E-state index is -0.789. The molecule has 3 nitrogen and oxygen atoms in total. The summed E-state index contributed by atoms with van der Waals surface area (Å²) in [5, 5.41) is 9.17. The van der Waals surface area contributed by atoms with Gasteiger partial charge in [-0.05, 0) is 17.7 Å². The molecule has 1 fully saturated rings. The van der Waals surface area contributed by atoms with Gasteiger partial charge in [0.1, 0.15) is 0 Å². The molecule has 0 aliphatic carbocycles. The molecule has 0 unspecified atom stereocenters. The van der Waals surface area contributed by atoms with Gasteiger partial charge in [0.05, 0.1) is 24.9 Å². The molecule has 0 radical (unpaired) electrons. The lowest BCUT2D eigenvalue weighted by Gasteiger charge is -2.25. The molecule has 4 heteroatoms. The monoisotopic (exact) mass is 224 g/mol. The van der Waals surface area contributed by atoms with Gasteiger partial charge in [-0.25, -0.2) is 0 Å². The van der Waals surface area contributed by atoms with Crippen LogP contribution in [0.2, 0.25) is 0 Å². The fraction of sp³-hybridized carbons (Fsp3) is 0.364. The highest BCUT2D eigenvalue weighted by Crippen LogP contribution is 2.27. The first-order valence-corrected chi connectivity index (χ1v) is 5.67.